The molecule has 0 aromatic heterocycles. The van der Waals surface area contributed by atoms with Crippen LogP contribution in [0.15, 0.2) is 18.2 Å². The summed E-state index contributed by atoms with van der Waals surface area (Å²) in [7, 11) is 0. The molecule has 0 spiro atoms. The van der Waals surface area contributed by atoms with E-state index < -0.39 is 0 Å². The van der Waals surface area contributed by atoms with Crippen LogP contribution in [-0.2, 0) is 0 Å². The molecule has 1 atom stereocenters. The summed E-state index contributed by atoms with van der Waals surface area (Å²) in [6, 6.07) is 6.24. The molecule has 3 nitrogen and oxygen atoms in total. The molecule has 0 saturated carbocycles. The maximum atomic E-state index is 6.31. The molecule has 118 valence electrons. The van der Waals surface area contributed by atoms with Gasteiger partial charge in [-0.1, -0.05) is 51.5 Å². The van der Waals surface area contributed by atoms with Crippen LogP contribution >= 0.6 is 0 Å². The zero-order chi connectivity index (χ0) is 14.9. The van der Waals surface area contributed by atoms with Gasteiger partial charge in [0.05, 0.1) is 13.2 Å². The first kappa shape index (κ1) is 16.2. The second-order valence-corrected chi connectivity index (χ2v) is 5.92. The van der Waals surface area contributed by atoms with Gasteiger partial charge in [0.1, 0.15) is 0 Å². The summed E-state index contributed by atoms with van der Waals surface area (Å²) < 4.78 is 11.4. The largest absolute Gasteiger partial charge is 0.490 e. The van der Waals surface area contributed by atoms with Crippen LogP contribution in [-0.4, -0.2) is 13.2 Å². The van der Waals surface area contributed by atoms with E-state index >= 15 is 0 Å². The minimum atomic E-state index is 0.105. The van der Waals surface area contributed by atoms with E-state index in [-0.39, 0.29) is 6.04 Å². The minimum absolute atomic E-state index is 0.105. The third-order valence-electron chi connectivity index (χ3n) is 4.07. The molecule has 21 heavy (non-hydrogen) atoms. The summed E-state index contributed by atoms with van der Waals surface area (Å²) in [5.41, 5.74) is 7.47. The molecular weight excluding hydrogens is 262 g/mol. The van der Waals surface area contributed by atoms with Crippen molar-refractivity contribution in [3.05, 3.63) is 23.8 Å². The molecule has 1 unspecified atom stereocenters. The molecule has 2 N–H and O–H groups in total. The van der Waals surface area contributed by atoms with Crippen LogP contribution in [0.2, 0.25) is 0 Å². The summed E-state index contributed by atoms with van der Waals surface area (Å²) in [6.45, 7) is 3.71. The zero-order valence-corrected chi connectivity index (χ0v) is 13.3. The summed E-state index contributed by atoms with van der Waals surface area (Å²) in [5, 5.41) is 0. The number of nitrogens with two attached hydrogens (primary N) is 1. The monoisotopic (exact) mass is 291 g/mol. The van der Waals surface area contributed by atoms with Crippen molar-refractivity contribution in [2.24, 2.45) is 5.73 Å². The molecule has 0 amide bonds. The number of fused-ring (bicyclic) bond motifs is 1. The van der Waals surface area contributed by atoms with Crippen molar-refractivity contribution in [2.45, 2.75) is 64.3 Å². The highest BCUT2D eigenvalue weighted by atomic mass is 16.5. The molecule has 1 aliphatic heterocycles. The lowest BCUT2D eigenvalue weighted by atomic mass is 10.00. The Morgan fingerprint density at radius 1 is 1.00 bits per heavy atom. The van der Waals surface area contributed by atoms with E-state index in [0.29, 0.717) is 0 Å². The Kier molecular flexibility index (Phi) is 6.87. The van der Waals surface area contributed by atoms with Crippen LogP contribution in [0, 0.1) is 0 Å². The Bertz CT molecular complexity index is 420. The zero-order valence-electron chi connectivity index (χ0n) is 13.3. The van der Waals surface area contributed by atoms with E-state index in [1.54, 1.807) is 0 Å². The van der Waals surface area contributed by atoms with Gasteiger partial charge in [0.15, 0.2) is 11.5 Å². The fourth-order valence-corrected chi connectivity index (χ4v) is 2.72. The number of rotatable bonds is 8. The fraction of sp³-hybridized carbons (Fsp3) is 0.667. The normalized spacial score (nSPS) is 15.5. The summed E-state index contributed by atoms with van der Waals surface area (Å²) >= 11 is 0. The number of hydrogen-bond donors (Lipinski definition) is 1. The van der Waals surface area contributed by atoms with Gasteiger partial charge in [0.2, 0.25) is 0 Å². The second kappa shape index (κ2) is 8.93. The van der Waals surface area contributed by atoms with E-state index in [9.17, 15) is 0 Å². The lowest BCUT2D eigenvalue weighted by Gasteiger charge is -2.15. The Hall–Kier alpha value is -1.22. The van der Waals surface area contributed by atoms with Gasteiger partial charge in [-0.2, -0.15) is 0 Å². The number of hydrogen-bond acceptors (Lipinski definition) is 3. The quantitative estimate of drug-likeness (QED) is 0.712. The predicted molar refractivity (Wildman–Crippen MR) is 87.0 cm³/mol. The molecule has 0 fully saturated rings. The van der Waals surface area contributed by atoms with Crippen molar-refractivity contribution in [3.63, 3.8) is 0 Å². The van der Waals surface area contributed by atoms with Gasteiger partial charge in [-0.25, -0.2) is 0 Å². The standard InChI is InChI=1S/C18H29NO2/c1-2-3-4-5-6-7-9-16(19)15-10-11-17-18(14-15)21-13-8-12-20-17/h10-11,14,16H,2-9,12-13,19H2,1H3. The number of benzene rings is 1. The second-order valence-electron chi connectivity index (χ2n) is 5.92. The van der Waals surface area contributed by atoms with Gasteiger partial charge in [0.25, 0.3) is 0 Å². The topological polar surface area (TPSA) is 44.5 Å². The lowest BCUT2D eigenvalue weighted by molar-refractivity contribution is 0.297. The first-order valence-electron chi connectivity index (χ1n) is 8.46. The summed E-state index contributed by atoms with van der Waals surface area (Å²) in [6.07, 6.45) is 9.83. The average Bonchev–Trinajstić information content (AvgIpc) is 2.75. The van der Waals surface area contributed by atoms with Crippen LogP contribution < -0.4 is 15.2 Å². The highest BCUT2D eigenvalue weighted by Crippen LogP contribution is 2.32. The van der Waals surface area contributed by atoms with Crippen molar-refractivity contribution in [1.29, 1.82) is 0 Å². The maximum absolute atomic E-state index is 6.31. The van der Waals surface area contributed by atoms with Gasteiger partial charge in [0, 0.05) is 12.5 Å². The minimum Gasteiger partial charge on any atom is -0.490 e. The molecule has 1 aromatic rings. The molecule has 1 heterocycles. The molecule has 0 radical (unpaired) electrons. The molecule has 0 saturated heterocycles. The van der Waals surface area contributed by atoms with E-state index in [0.717, 1.165) is 43.1 Å². The third-order valence-corrected chi connectivity index (χ3v) is 4.07. The number of ether oxygens (including phenoxy) is 2. The lowest BCUT2D eigenvalue weighted by Crippen LogP contribution is -2.10. The Morgan fingerprint density at radius 2 is 1.71 bits per heavy atom. The van der Waals surface area contributed by atoms with E-state index in [1.165, 1.54) is 38.5 Å². The molecule has 1 aromatic carbocycles. The Balaban J connectivity index is 1.79. The molecular formula is C18H29NO2. The highest BCUT2D eigenvalue weighted by Gasteiger charge is 2.13. The van der Waals surface area contributed by atoms with E-state index in [4.69, 9.17) is 15.2 Å². The van der Waals surface area contributed by atoms with Crippen LogP contribution in [0.1, 0.15) is 69.9 Å². The summed E-state index contributed by atoms with van der Waals surface area (Å²) in [4.78, 5) is 0. The van der Waals surface area contributed by atoms with Gasteiger partial charge in [-0.15, -0.1) is 0 Å². The number of unbranched alkanes of at least 4 members (excludes halogenated alkanes) is 5. The van der Waals surface area contributed by atoms with Crippen molar-refractivity contribution < 1.29 is 9.47 Å². The van der Waals surface area contributed by atoms with Gasteiger partial charge >= 0.3 is 0 Å². The smallest absolute Gasteiger partial charge is 0.161 e. The summed E-state index contributed by atoms with van der Waals surface area (Å²) in [5.74, 6) is 1.70. The van der Waals surface area contributed by atoms with Crippen LogP contribution in [0.3, 0.4) is 0 Å². The van der Waals surface area contributed by atoms with Crippen LogP contribution in [0.4, 0.5) is 0 Å². The van der Waals surface area contributed by atoms with Crippen molar-refractivity contribution >= 4 is 0 Å². The van der Waals surface area contributed by atoms with Gasteiger partial charge in [-0.3, -0.25) is 0 Å². The van der Waals surface area contributed by atoms with Crippen LogP contribution in [0.25, 0.3) is 0 Å². The van der Waals surface area contributed by atoms with E-state index in [1.807, 2.05) is 6.07 Å². The van der Waals surface area contributed by atoms with E-state index in [2.05, 4.69) is 19.1 Å². The Morgan fingerprint density at radius 3 is 2.52 bits per heavy atom. The first-order valence-corrected chi connectivity index (χ1v) is 8.46. The van der Waals surface area contributed by atoms with Gasteiger partial charge < -0.3 is 15.2 Å². The van der Waals surface area contributed by atoms with Crippen molar-refractivity contribution in [2.75, 3.05) is 13.2 Å². The SMILES string of the molecule is CCCCCCCCC(N)c1ccc2c(c1)OCCCO2. The molecule has 2 rings (SSSR count). The average molecular weight is 291 g/mol. The third kappa shape index (κ3) is 5.24. The molecule has 1 aliphatic rings. The molecule has 3 heteroatoms. The van der Waals surface area contributed by atoms with Crippen LogP contribution in [0.5, 0.6) is 11.5 Å². The predicted octanol–water partition coefficient (Wildman–Crippen LogP) is 4.60. The van der Waals surface area contributed by atoms with Gasteiger partial charge in [-0.05, 0) is 24.1 Å². The maximum Gasteiger partial charge on any atom is 0.161 e. The van der Waals surface area contributed by atoms with Crippen molar-refractivity contribution in [3.8, 4) is 11.5 Å². The molecule has 0 bridgehead atoms. The Labute approximate surface area is 128 Å². The highest BCUT2D eigenvalue weighted by molar-refractivity contribution is 5.44. The first-order chi connectivity index (χ1) is 10.3. The molecule has 0 aliphatic carbocycles. The van der Waals surface area contributed by atoms with Crippen molar-refractivity contribution in [1.82, 2.24) is 0 Å². The fourth-order valence-electron chi connectivity index (χ4n) is 2.72.